The molecular weight excluding hydrogens is 312 g/mol. The Morgan fingerprint density at radius 2 is 2.09 bits per heavy atom. The predicted octanol–water partition coefficient (Wildman–Crippen LogP) is 3.35. The number of aryl methyl sites for hydroxylation is 1. The van der Waals surface area contributed by atoms with Crippen LogP contribution in [0.1, 0.15) is 18.2 Å². The summed E-state index contributed by atoms with van der Waals surface area (Å²) in [4.78, 5) is 16.1. The number of aromatic nitrogens is 3. The number of carbonyl (C=O) groups is 1. The van der Waals surface area contributed by atoms with E-state index in [1.807, 2.05) is 35.9 Å². The fourth-order valence-electron chi connectivity index (χ4n) is 2.39. The number of alkyl halides is 1. The average Bonchev–Trinajstić information content (AvgIpc) is 2.84. The van der Waals surface area contributed by atoms with Crippen LogP contribution in [0.25, 0.3) is 11.0 Å². The molecule has 0 fully saturated rings. The van der Waals surface area contributed by atoms with Gasteiger partial charge in [-0.15, -0.1) is 11.6 Å². The molecule has 0 aliphatic carbocycles. The minimum absolute atomic E-state index is 0.248. The summed E-state index contributed by atoms with van der Waals surface area (Å²) in [5.74, 6) is -0.248. The van der Waals surface area contributed by atoms with Crippen LogP contribution in [-0.4, -0.2) is 26.0 Å². The highest BCUT2D eigenvalue weighted by Crippen LogP contribution is 2.21. The lowest BCUT2D eigenvalue weighted by molar-refractivity contribution is -0.115. The maximum atomic E-state index is 11.7. The number of benzene rings is 1. The minimum Gasteiger partial charge on any atom is -0.323 e. The Hall–Kier alpha value is -2.40. The van der Waals surface area contributed by atoms with Crippen LogP contribution in [0.3, 0.4) is 0 Å². The van der Waals surface area contributed by atoms with Crippen molar-refractivity contribution in [3.8, 4) is 0 Å². The van der Waals surface area contributed by atoms with E-state index in [0.29, 0.717) is 12.2 Å². The summed E-state index contributed by atoms with van der Waals surface area (Å²) in [7, 11) is 0. The molecule has 1 N–H and O–H groups in total. The summed E-state index contributed by atoms with van der Waals surface area (Å²) in [6, 6.07) is 12.0. The van der Waals surface area contributed by atoms with Crippen LogP contribution in [0.4, 0.5) is 5.69 Å². The van der Waals surface area contributed by atoms with E-state index in [2.05, 4.69) is 27.5 Å². The van der Waals surface area contributed by atoms with E-state index < -0.39 is 5.38 Å². The molecule has 0 aliphatic heterocycles. The number of pyridine rings is 1. The Kier molecular flexibility index (Phi) is 4.30. The molecule has 118 valence electrons. The molecule has 1 aromatic carbocycles. The molecule has 0 saturated heterocycles. The van der Waals surface area contributed by atoms with Gasteiger partial charge >= 0.3 is 0 Å². The van der Waals surface area contributed by atoms with Gasteiger partial charge in [0.1, 0.15) is 5.38 Å². The lowest BCUT2D eigenvalue weighted by Gasteiger charge is -2.07. The number of carbonyl (C=O) groups excluding carboxylic acids is 1. The first-order valence-electron chi connectivity index (χ1n) is 7.36. The van der Waals surface area contributed by atoms with E-state index in [4.69, 9.17) is 11.6 Å². The van der Waals surface area contributed by atoms with Crippen LogP contribution < -0.4 is 5.32 Å². The van der Waals surface area contributed by atoms with E-state index in [9.17, 15) is 4.79 Å². The summed E-state index contributed by atoms with van der Waals surface area (Å²) in [5, 5.41) is 7.63. The molecule has 0 saturated carbocycles. The van der Waals surface area contributed by atoms with Gasteiger partial charge in [0.15, 0.2) is 5.65 Å². The zero-order valence-corrected chi connectivity index (χ0v) is 13.7. The summed E-state index contributed by atoms with van der Waals surface area (Å²) < 4.78 is 1.87. The molecule has 1 amide bonds. The van der Waals surface area contributed by atoms with Gasteiger partial charge in [-0.3, -0.25) is 4.79 Å². The van der Waals surface area contributed by atoms with Gasteiger partial charge < -0.3 is 5.32 Å². The lowest BCUT2D eigenvalue weighted by Crippen LogP contribution is -2.20. The smallest absolute Gasteiger partial charge is 0.242 e. The molecule has 0 bridgehead atoms. The number of nitrogens with one attached hydrogen (secondary N) is 1. The van der Waals surface area contributed by atoms with E-state index in [1.54, 1.807) is 13.1 Å². The molecule has 0 aliphatic rings. The second-order valence-electron chi connectivity index (χ2n) is 5.43. The third-order valence-electron chi connectivity index (χ3n) is 3.58. The fraction of sp³-hybridized carbons (Fsp3) is 0.235. The van der Waals surface area contributed by atoms with Crippen molar-refractivity contribution in [2.75, 3.05) is 5.32 Å². The average molecular weight is 329 g/mol. The number of hydrogen-bond acceptors (Lipinski definition) is 3. The van der Waals surface area contributed by atoms with Crippen molar-refractivity contribution >= 4 is 34.2 Å². The van der Waals surface area contributed by atoms with E-state index in [-0.39, 0.29) is 5.91 Å². The van der Waals surface area contributed by atoms with Crippen LogP contribution >= 0.6 is 11.6 Å². The predicted molar refractivity (Wildman–Crippen MR) is 91.8 cm³/mol. The molecule has 2 heterocycles. The first-order chi connectivity index (χ1) is 11.0. The quantitative estimate of drug-likeness (QED) is 0.747. The molecule has 5 nitrogen and oxygen atoms in total. The Balaban J connectivity index is 1.92. The number of anilines is 1. The molecule has 0 radical (unpaired) electrons. The third kappa shape index (κ3) is 3.35. The number of fused-ring (bicyclic) bond motifs is 1. The normalized spacial score (nSPS) is 12.3. The Morgan fingerprint density at radius 1 is 1.35 bits per heavy atom. The molecule has 23 heavy (non-hydrogen) atoms. The van der Waals surface area contributed by atoms with E-state index in [0.717, 1.165) is 22.3 Å². The van der Waals surface area contributed by atoms with Gasteiger partial charge in [0.05, 0.1) is 24.1 Å². The number of rotatable bonds is 4. The van der Waals surface area contributed by atoms with Crippen molar-refractivity contribution in [1.29, 1.82) is 0 Å². The number of halogens is 1. The Bertz CT molecular complexity index is 842. The second kappa shape index (κ2) is 6.38. The SMILES string of the molecule is Cc1nn(Cc2ccccc2)c2ncc(NC(=O)C(C)Cl)cc12. The topological polar surface area (TPSA) is 59.8 Å². The summed E-state index contributed by atoms with van der Waals surface area (Å²) in [6.07, 6.45) is 1.63. The van der Waals surface area contributed by atoms with Crippen molar-refractivity contribution in [2.45, 2.75) is 25.8 Å². The summed E-state index contributed by atoms with van der Waals surface area (Å²) >= 11 is 5.77. The maximum absolute atomic E-state index is 11.7. The van der Waals surface area contributed by atoms with Gasteiger partial charge in [-0.2, -0.15) is 5.10 Å². The van der Waals surface area contributed by atoms with Crippen LogP contribution in [0, 0.1) is 6.92 Å². The summed E-state index contributed by atoms with van der Waals surface area (Å²) in [6.45, 7) is 4.22. The minimum atomic E-state index is -0.590. The van der Waals surface area contributed by atoms with Gasteiger partial charge in [0.25, 0.3) is 0 Å². The highest BCUT2D eigenvalue weighted by molar-refractivity contribution is 6.32. The van der Waals surface area contributed by atoms with Crippen LogP contribution in [0.5, 0.6) is 0 Å². The lowest BCUT2D eigenvalue weighted by atomic mass is 10.2. The van der Waals surface area contributed by atoms with Crippen LogP contribution in [0.2, 0.25) is 0 Å². The summed E-state index contributed by atoms with van der Waals surface area (Å²) in [5.41, 5.74) is 3.45. The molecular formula is C17H17ClN4O. The third-order valence-corrected chi connectivity index (χ3v) is 3.77. The maximum Gasteiger partial charge on any atom is 0.242 e. The van der Waals surface area contributed by atoms with Crippen molar-refractivity contribution in [3.05, 3.63) is 53.9 Å². The largest absolute Gasteiger partial charge is 0.323 e. The second-order valence-corrected chi connectivity index (χ2v) is 6.08. The van der Waals surface area contributed by atoms with Crippen molar-refractivity contribution in [3.63, 3.8) is 0 Å². The molecule has 1 atom stereocenters. The highest BCUT2D eigenvalue weighted by atomic mass is 35.5. The van der Waals surface area contributed by atoms with Crippen LogP contribution in [0.15, 0.2) is 42.6 Å². The van der Waals surface area contributed by atoms with Gasteiger partial charge in [-0.1, -0.05) is 30.3 Å². The van der Waals surface area contributed by atoms with E-state index >= 15 is 0 Å². The monoisotopic (exact) mass is 328 g/mol. The Labute approximate surface area is 139 Å². The molecule has 1 unspecified atom stereocenters. The highest BCUT2D eigenvalue weighted by Gasteiger charge is 2.13. The van der Waals surface area contributed by atoms with Crippen LogP contribution in [-0.2, 0) is 11.3 Å². The number of hydrogen-bond donors (Lipinski definition) is 1. The van der Waals surface area contributed by atoms with Gasteiger partial charge in [0, 0.05) is 5.39 Å². The Morgan fingerprint density at radius 3 is 2.78 bits per heavy atom. The molecule has 0 spiro atoms. The first-order valence-corrected chi connectivity index (χ1v) is 7.80. The van der Waals surface area contributed by atoms with Gasteiger partial charge in [0.2, 0.25) is 5.91 Å². The molecule has 3 rings (SSSR count). The standard InChI is InChI=1S/C17H17ClN4O/c1-11(18)17(23)20-14-8-15-12(2)21-22(16(15)19-9-14)10-13-6-4-3-5-7-13/h3-9,11H,10H2,1-2H3,(H,20,23). The fourth-order valence-corrected chi connectivity index (χ4v) is 2.44. The first kappa shape index (κ1) is 15.5. The molecule has 6 heteroatoms. The van der Waals surface area contributed by atoms with Gasteiger partial charge in [-0.05, 0) is 25.5 Å². The molecule has 2 aromatic heterocycles. The van der Waals surface area contributed by atoms with Gasteiger partial charge in [-0.25, -0.2) is 9.67 Å². The zero-order chi connectivity index (χ0) is 16.4. The van der Waals surface area contributed by atoms with Crippen molar-refractivity contribution < 1.29 is 4.79 Å². The van der Waals surface area contributed by atoms with Crippen molar-refractivity contribution in [2.24, 2.45) is 0 Å². The number of nitrogens with zero attached hydrogens (tertiary/aromatic N) is 3. The van der Waals surface area contributed by atoms with Crippen molar-refractivity contribution in [1.82, 2.24) is 14.8 Å². The zero-order valence-electron chi connectivity index (χ0n) is 13.0. The molecule has 3 aromatic rings. The number of amides is 1. The van der Waals surface area contributed by atoms with E-state index in [1.165, 1.54) is 0 Å².